The first-order chi connectivity index (χ1) is 9.99. The highest BCUT2D eigenvalue weighted by Gasteiger charge is 2.12. The van der Waals surface area contributed by atoms with Gasteiger partial charge in [-0.15, -0.1) is 0 Å². The van der Waals surface area contributed by atoms with Gasteiger partial charge in [-0.1, -0.05) is 12.1 Å². The molecule has 0 aliphatic carbocycles. The number of alkyl halides is 2. The summed E-state index contributed by atoms with van der Waals surface area (Å²) in [5.74, 6) is 0.135. The molecule has 21 heavy (non-hydrogen) atoms. The van der Waals surface area contributed by atoms with Crippen molar-refractivity contribution < 1.29 is 13.5 Å². The number of benzene rings is 1. The van der Waals surface area contributed by atoms with Crippen LogP contribution in [0.15, 0.2) is 30.3 Å². The highest BCUT2D eigenvalue weighted by molar-refractivity contribution is 5.30. The molecule has 0 amide bonds. The Balaban J connectivity index is 2.07. The van der Waals surface area contributed by atoms with Crippen molar-refractivity contribution in [3.8, 4) is 5.75 Å². The van der Waals surface area contributed by atoms with Crippen LogP contribution in [0, 0.1) is 6.92 Å². The van der Waals surface area contributed by atoms with Crippen molar-refractivity contribution in [2.75, 3.05) is 0 Å². The minimum Gasteiger partial charge on any atom is -0.435 e. The van der Waals surface area contributed by atoms with Crippen LogP contribution in [0.3, 0.4) is 0 Å². The number of rotatable bonds is 6. The van der Waals surface area contributed by atoms with E-state index in [1.807, 2.05) is 24.6 Å². The van der Waals surface area contributed by atoms with E-state index in [4.69, 9.17) is 5.73 Å². The molecule has 0 aliphatic heterocycles. The summed E-state index contributed by atoms with van der Waals surface area (Å²) in [6.45, 7) is 1.94. The van der Waals surface area contributed by atoms with Crippen LogP contribution in [0.1, 0.15) is 29.9 Å². The van der Waals surface area contributed by atoms with E-state index in [9.17, 15) is 8.78 Å². The first-order valence-corrected chi connectivity index (χ1v) is 6.83. The van der Waals surface area contributed by atoms with Crippen LogP contribution in [0.4, 0.5) is 8.78 Å². The van der Waals surface area contributed by atoms with E-state index in [0.29, 0.717) is 6.42 Å². The third kappa shape index (κ3) is 4.01. The smallest absolute Gasteiger partial charge is 0.387 e. The van der Waals surface area contributed by atoms with Gasteiger partial charge in [0.25, 0.3) is 0 Å². The molecule has 1 atom stereocenters. The number of aromatic nitrogens is 2. The Morgan fingerprint density at radius 3 is 2.52 bits per heavy atom. The molecule has 1 unspecified atom stereocenters. The first kappa shape index (κ1) is 15.4. The molecule has 0 radical (unpaired) electrons. The lowest BCUT2D eigenvalue weighted by Crippen LogP contribution is -2.16. The topological polar surface area (TPSA) is 53.1 Å². The fourth-order valence-corrected chi connectivity index (χ4v) is 2.28. The molecule has 0 saturated carbocycles. The number of halogens is 2. The Kier molecular flexibility index (Phi) is 4.90. The number of aryl methyl sites for hydroxylation is 2. The predicted molar refractivity (Wildman–Crippen MR) is 76.3 cm³/mol. The lowest BCUT2D eigenvalue weighted by Gasteiger charge is -2.13. The first-order valence-electron chi connectivity index (χ1n) is 6.83. The molecule has 2 N–H and O–H groups in total. The number of hydrogen-bond acceptors (Lipinski definition) is 3. The van der Waals surface area contributed by atoms with Gasteiger partial charge in [0.2, 0.25) is 0 Å². The lowest BCUT2D eigenvalue weighted by atomic mass is 10.0. The van der Waals surface area contributed by atoms with Crippen LogP contribution in [-0.2, 0) is 13.0 Å². The van der Waals surface area contributed by atoms with Gasteiger partial charge in [0, 0.05) is 24.7 Å². The van der Waals surface area contributed by atoms with Gasteiger partial charge < -0.3 is 10.5 Å². The van der Waals surface area contributed by atoms with Gasteiger partial charge in [-0.25, -0.2) is 0 Å². The third-order valence-electron chi connectivity index (χ3n) is 3.25. The van der Waals surface area contributed by atoms with Crippen LogP contribution in [0.25, 0.3) is 0 Å². The highest BCUT2D eigenvalue weighted by Crippen LogP contribution is 2.21. The van der Waals surface area contributed by atoms with E-state index >= 15 is 0 Å². The molecule has 0 fully saturated rings. The predicted octanol–water partition coefficient (Wildman–Crippen LogP) is 3.06. The van der Waals surface area contributed by atoms with Gasteiger partial charge in [-0.2, -0.15) is 13.9 Å². The van der Waals surface area contributed by atoms with Crippen LogP contribution < -0.4 is 10.5 Å². The average Bonchev–Trinajstić information content (AvgIpc) is 2.78. The summed E-state index contributed by atoms with van der Waals surface area (Å²) in [4.78, 5) is 0. The molecule has 0 aliphatic rings. The second kappa shape index (κ2) is 6.67. The zero-order valence-electron chi connectivity index (χ0n) is 12.1. The Hall–Kier alpha value is -1.95. The molecule has 6 heteroatoms. The maximum Gasteiger partial charge on any atom is 0.387 e. The van der Waals surface area contributed by atoms with Crippen molar-refractivity contribution in [3.63, 3.8) is 0 Å². The zero-order chi connectivity index (χ0) is 15.4. The zero-order valence-corrected chi connectivity index (χ0v) is 12.1. The second-order valence-electron chi connectivity index (χ2n) is 4.85. The van der Waals surface area contributed by atoms with Crippen molar-refractivity contribution in [2.45, 2.75) is 39.5 Å². The Bertz CT molecular complexity index is 581. The largest absolute Gasteiger partial charge is 0.435 e. The van der Waals surface area contributed by atoms with Crippen LogP contribution in [-0.4, -0.2) is 16.4 Å². The molecular formula is C15H19F2N3O. The summed E-state index contributed by atoms with van der Waals surface area (Å²) in [6, 6.07) is 8.22. The Morgan fingerprint density at radius 2 is 1.95 bits per heavy atom. The Labute approximate surface area is 122 Å². The number of ether oxygens (including phenoxy) is 1. The van der Waals surface area contributed by atoms with Crippen molar-refractivity contribution in [2.24, 2.45) is 5.73 Å². The molecule has 2 rings (SSSR count). The molecular weight excluding hydrogens is 276 g/mol. The van der Waals surface area contributed by atoms with E-state index in [0.717, 1.165) is 23.5 Å². The average molecular weight is 295 g/mol. The monoisotopic (exact) mass is 295 g/mol. The minimum atomic E-state index is -2.81. The summed E-state index contributed by atoms with van der Waals surface area (Å²) in [5, 5.41) is 4.38. The highest BCUT2D eigenvalue weighted by atomic mass is 19.3. The fourth-order valence-electron chi connectivity index (χ4n) is 2.28. The van der Waals surface area contributed by atoms with Crippen molar-refractivity contribution in [1.29, 1.82) is 0 Å². The molecule has 1 aromatic carbocycles. The van der Waals surface area contributed by atoms with Gasteiger partial charge >= 0.3 is 6.61 Å². The van der Waals surface area contributed by atoms with Gasteiger partial charge in [0.05, 0.1) is 5.69 Å². The third-order valence-corrected chi connectivity index (χ3v) is 3.25. The molecule has 1 heterocycles. The van der Waals surface area contributed by atoms with Crippen molar-refractivity contribution >= 4 is 0 Å². The van der Waals surface area contributed by atoms with Crippen LogP contribution in [0.2, 0.25) is 0 Å². The quantitative estimate of drug-likeness (QED) is 0.891. The van der Waals surface area contributed by atoms with Crippen LogP contribution >= 0.6 is 0 Å². The number of nitrogens with zero attached hydrogens (tertiary/aromatic N) is 2. The molecule has 2 aromatic rings. The molecule has 114 valence electrons. The molecule has 1 aromatic heterocycles. The lowest BCUT2D eigenvalue weighted by molar-refractivity contribution is -0.0498. The SMILES string of the molecule is CCn1nc(C)cc1CC(N)c1ccc(OC(F)F)cc1. The van der Waals surface area contributed by atoms with Gasteiger partial charge in [-0.05, 0) is 37.6 Å². The normalized spacial score (nSPS) is 12.7. The molecule has 0 bridgehead atoms. The standard InChI is InChI=1S/C15H19F2N3O/c1-3-20-12(8-10(2)19-20)9-14(18)11-4-6-13(7-5-11)21-15(16)17/h4-8,14-15H,3,9,18H2,1-2H3. The molecule has 4 nitrogen and oxygen atoms in total. The summed E-state index contributed by atoms with van der Waals surface area (Å²) in [6.07, 6.45) is 0.643. The van der Waals surface area contributed by atoms with Gasteiger partial charge in [0.1, 0.15) is 5.75 Å². The minimum absolute atomic E-state index is 0.135. The summed E-state index contributed by atoms with van der Waals surface area (Å²) < 4.78 is 30.4. The van der Waals surface area contributed by atoms with E-state index in [1.165, 1.54) is 12.1 Å². The Morgan fingerprint density at radius 1 is 1.29 bits per heavy atom. The van der Waals surface area contributed by atoms with Gasteiger partial charge in [-0.3, -0.25) is 4.68 Å². The number of hydrogen-bond donors (Lipinski definition) is 1. The maximum atomic E-state index is 12.1. The van der Waals surface area contributed by atoms with Crippen molar-refractivity contribution in [3.05, 3.63) is 47.3 Å². The number of nitrogens with two attached hydrogens (primary N) is 1. The van der Waals surface area contributed by atoms with E-state index in [2.05, 4.69) is 9.84 Å². The fraction of sp³-hybridized carbons (Fsp3) is 0.400. The van der Waals surface area contributed by atoms with Gasteiger partial charge in [0.15, 0.2) is 0 Å². The van der Waals surface area contributed by atoms with E-state index < -0.39 is 6.61 Å². The summed E-state index contributed by atoms with van der Waals surface area (Å²) in [7, 11) is 0. The molecule has 0 saturated heterocycles. The second-order valence-corrected chi connectivity index (χ2v) is 4.85. The summed E-state index contributed by atoms with van der Waals surface area (Å²) in [5.41, 5.74) is 9.08. The maximum absolute atomic E-state index is 12.1. The van der Waals surface area contributed by atoms with E-state index in [1.54, 1.807) is 12.1 Å². The van der Waals surface area contributed by atoms with Crippen LogP contribution in [0.5, 0.6) is 5.75 Å². The van der Waals surface area contributed by atoms with Crippen molar-refractivity contribution in [1.82, 2.24) is 9.78 Å². The van der Waals surface area contributed by atoms with E-state index in [-0.39, 0.29) is 11.8 Å². The summed E-state index contributed by atoms with van der Waals surface area (Å²) >= 11 is 0. The molecule has 0 spiro atoms.